The molecule has 0 aliphatic heterocycles. The summed E-state index contributed by atoms with van der Waals surface area (Å²) in [5, 5.41) is 0. The van der Waals surface area contributed by atoms with E-state index < -0.39 is 0 Å². The minimum atomic E-state index is -0.289. The fourth-order valence-corrected chi connectivity index (χ4v) is 2.10. The first-order chi connectivity index (χ1) is 7.56. The molecule has 16 heavy (non-hydrogen) atoms. The van der Waals surface area contributed by atoms with Crippen molar-refractivity contribution in [2.75, 3.05) is 13.7 Å². The molecule has 0 radical (unpaired) electrons. The summed E-state index contributed by atoms with van der Waals surface area (Å²) < 4.78 is 19.2. The highest BCUT2D eigenvalue weighted by Gasteiger charge is 2.16. The van der Waals surface area contributed by atoms with Crippen LogP contribution in [0.4, 0.5) is 4.39 Å². The third-order valence-corrected chi connectivity index (χ3v) is 3.10. The zero-order chi connectivity index (χ0) is 12.1. The van der Waals surface area contributed by atoms with Gasteiger partial charge in [0.15, 0.2) is 0 Å². The Morgan fingerprint density at radius 1 is 1.50 bits per heavy atom. The Morgan fingerprint density at radius 3 is 2.81 bits per heavy atom. The van der Waals surface area contributed by atoms with Gasteiger partial charge >= 0.3 is 0 Å². The highest BCUT2D eigenvalue weighted by molar-refractivity contribution is 9.10. The number of methoxy groups -OCH3 is 1. The Hall–Kier alpha value is -0.450. The Balaban J connectivity index is 2.72. The maximum atomic E-state index is 13.7. The molecule has 4 heteroatoms. The van der Waals surface area contributed by atoms with Crippen LogP contribution in [0, 0.1) is 11.7 Å². The summed E-state index contributed by atoms with van der Waals surface area (Å²) in [7, 11) is 1.65. The molecule has 2 unspecified atom stereocenters. The van der Waals surface area contributed by atoms with Crippen LogP contribution in [-0.4, -0.2) is 13.7 Å². The molecule has 0 bridgehead atoms. The van der Waals surface area contributed by atoms with E-state index in [0.29, 0.717) is 29.0 Å². The average Bonchev–Trinajstić information content (AvgIpc) is 2.22. The van der Waals surface area contributed by atoms with Crippen molar-refractivity contribution in [3.63, 3.8) is 0 Å². The number of rotatable bonds is 5. The second kappa shape index (κ2) is 6.33. The summed E-state index contributed by atoms with van der Waals surface area (Å²) in [6.45, 7) is 2.68. The largest absolute Gasteiger partial charge is 0.384 e. The lowest BCUT2D eigenvalue weighted by molar-refractivity contribution is 0.152. The van der Waals surface area contributed by atoms with Gasteiger partial charge in [0.2, 0.25) is 0 Å². The van der Waals surface area contributed by atoms with E-state index in [1.54, 1.807) is 25.3 Å². The quantitative estimate of drug-likeness (QED) is 0.903. The molecule has 0 spiro atoms. The number of halogens is 2. The van der Waals surface area contributed by atoms with Gasteiger partial charge < -0.3 is 10.5 Å². The van der Waals surface area contributed by atoms with Crippen LogP contribution < -0.4 is 5.73 Å². The molecule has 1 aromatic carbocycles. The lowest BCUT2D eigenvalue weighted by Gasteiger charge is -2.17. The number of hydrogen-bond donors (Lipinski definition) is 1. The predicted octanol–water partition coefficient (Wildman–Crippen LogP) is 3.26. The highest BCUT2D eigenvalue weighted by Crippen LogP contribution is 2.26. The molecule has 0 aliphatic carbocycles. The molecule has 0 heterocycles. The normalized spacial score (nSPS) is 14.8. The van der Waals surface area contributed by atoms with Gasteiger partial charge in [0.25, 0.3) is 0 Å². The Bertz CT molecular complexity index is 346. The maximum Gasteiger partial charge on any atom is 0.142 e. The van der Waals surface area contributed by atoms with Gasteiger partial charge in [-0.05, 0) is 34.3 Å². The lowest BCUT2D eigenvalue weighted by atomic mass is 9.97. The van der Waals surface area contributed by atoms with E-state index in [2.05, 4.69) is 15.9 Å². The van der Waals surface area contributed by atoms with Crippen molar-refractivity contribution in [2.24, 2.45) is 11.7 Å². The van der Waals surface area contributed by atoms with E-state index in [-0.39, 0.29) is 11.9 Å². The van der Waals surface area contributed by atoms with Crippen LogP contribution in [0.3, 0.4) is 0 Å². The van der Waals surface area contributed by atoms with Crippen molar-refractivity contribution in [3.05, 3.63) is 34.1 Å². The third kappa shape index (κ3) is 3.54. The Morgan fingerprint density at radius 2 is 2.19 bits per heavy atom. The van der Waals surface area contributed by atoms with E-state index in [1.165, 1.54) is 0 Å². The molecular weight excluding hydrogens is 273 g/mol. The molecule has 90 valence electrons. The SMILES string of the molecule is COCC(C)CC(N)c1cccc(Br)c1F. The number of hydrogen-bond acceptors (Lipinski definition) is 2. The summed E-state index contributed by atoms with van der Waals surface area (Å²) >= 11 is 3.16. The van der Waals surface area contributed by atoms with Crippen molar-refractivity contribution >= 4 is 15.9 Å². The van der Waals surface area contributed by atoms with Gasteiger partial charge in [-0.1, -0.05) is 19.1 Å². The molecule has 1 rings (SSSR count). The first-order valence-corrected chi connectivity index (χ1v) is 6.04. The van der Waals surface area contributed by atoms with Crippen molar-refractivity contribution in [3.8, 4) is 0 Å². The van der Waals surface area contributed by atoms with Gasteiger partial charge in [0, 0.05) is 25.3 Å². The number of ether oxygens (including phenoxy) is 1. The number of benzene rings is 1. The van der Waals surface area contributed by atoms with Crippen molar-refractivity contribution in [1.29, 1.82) is 0 Å². The Labute approximate surface area is 104 Å². The third-order valence-electron chi connectivity index (χ3n) is 2.49. The topological polar surface area (TPSA) is 35.2 Å². The lowest BCUT2D eigenvalue weighted by Crippen LogP contribution is -2.18. The van der Waals surface area contributed by atoms with Crippen LogP contribution in [0.25, 0.3) is 0 Å². The van der Waals surface area contributed by atoms with Crippen LogP contribution >= 0.6 is 15.9 Å². The average molecular weight is 290 g/mol. The fraction of sp³-hybridized carbons (Fsp3) is 0.500. The first-order valence-electron chi connectivity index (χ1n) is 5.24. The molecule has 2 atom stereocenters. The van der Waals surface area contributed by atoms with Gasteiger partial charge in [0.1, 0.15) is 5.82 Å². The summed E-state index contributed by atoms with van der Waals surface area (Å²) in [4.78, 5) is 0. The molecule has 0 aliphatic rings. The maximum absolute atomic E-state index is 13.7. The zero-order valence-electron chi connectivity index (χ0n) is 9.54. The minimum Gasteiger partial charge on any atom is -0.384 e. The van der Waals surface area contributed by atoms with Crippen LogP contribution in [0.15, 0.2) is 22.7 Å². The standard InChI is InChI=1S/C12H17BrFNO/c1-8(7-16-2)6-11(15)9-4-3-5-10(13)12(9)14/h3-5,8,11H,6-7,15H2,1-2H3. The molecule has 2 N–H and O–H groups in total. The van der Waals surface area contributed by atoms with E-state index in [1.807, 2.05) is 6.92 Å². The van der Waals surface area contributed by atoms with Gasteiger partial charge in [0.05, 0.1) is 4.47 Å². The molecule has 0 amide bonds. The molecule has 0 fully saturated rings. The predicted molar refractivity (Wildman–Crippen MR) is 66.7 cm³/mol. The van der Waals surface area contributed by atoms with Gasteiger partial charge in [-0.2, -0.15) is 0 Å². The van der Waals surface area contributed by atoms with E-state index in [9.17, 15) is 4.39 Å². The summed E-state index contributed by atoms with van der Waals surface area (Å²) in [5.74, 6) is 0.0537. The minimum absolute atomic E-state index is 0.264. The van der Waals surface area contributed by atoms with E-state index in [4.69, 9.17) is 10.5 Å². The highest BCUT2D eigenvalue weighted by atomic mass is 79.9. The van der Waals surface area contributed by atoms with Gasteiger partial charge in [-0.25, -0.2) is 4.39 Å². The summed E-state index contributed by atoms with van der Waals surface area (Å²) in [6.07, 6.45) is 0.710. The van der Waals surface area contributed by atoms with Crippen LogP contribution in [0.5, 0.6) is 0 Å². The second-order valence-electron chi connectivity index (χ2n) is 4.05. The first kappa shape index (κ1) is 13.6. The molecular formula is C12H17BrFNO. The van der Waals surface area contributed by atoms with Gasteiger partial charge in [-0.3, -0.25) is 0 Å². The monoisotopic (exact) mass is 289 g/mol. The Kier molecular flexibility index (Phi) is 5.38. The van der Waals surface area contributed by atoms with Crippen molar-refractivity contribution in [2.45, 2.75) is 19.4 Å². The van der Waals surface area contributed by atoms with Crippen LogP contribution in [0.2, 0.25) is 0 Å². The van der Waals surface area contributed by atoms with Crippen LogP contribution in [0.1, 0.15) is 24.9 Å². The van der Waals surface area contributed by atoms with E-state index >= 15 is 0 Å². The molecule has 2 nitrogen and oxygen atoms in total. The molecule has 0 saturated carbocycles. The number of nitrogens with two attached hydrogens (primary N) is 1. The van der Waals surface area contributed by atoms with Crippen molar-refractivity contribution in [1.82, 2.24) is 0 Å². The summed E-state index contributed by atoms with van der Waals surface area (Å²) in [5.41, 5.74) is 6.53. The van der Waals surface area contributed by atoms with E-state index in [0.717, 1.165) is 0 Å². The smallest absolute Gasteiger partial charge is 0.142 e. The molecule has 0 saturated heterocycles. The molecule has 0 aromatic heterocycles. The zero-order valence-corrected chi connectivity index (χ0v) is 11.1. The van der Waals surface area contributed by atoms with Gasteiger partial charge in [-0.15, -0.1) is 0 Å². The van der Waals surface area contributed by atoms with Crippen molar-refractivity contribution < 1.29 is 9.13 Å². The molecule has 1 aromatic rings. The summed E-state index contributed by atoms with van der Waals surface area (Å²) in [6, 6.07) is 4.90. The second-order valence-corrected chi connectivity index (χ2v) is 4.90. The van der Waals surface area contributed by atoms with Crippen LogP contribution in [-0.2, 0) is 4.74 Å². The fourth-order valence-electron chi connectivity index (χ4n) is 1.72.